The molecule has 1 saturated heterocycles. The summed E-state index contributed by atoms with van der Waals surface area (Å²) in [5.41, 5.74) is 0.697. The Hall–Kier alpha value is -4.01. The van der Waals surface area contributed by atoms with Crippen LogP contribution in [0.3, 0.4) is 0 Å². The van der Waals surface area contributed by atoms with Crippen molar-refractivity contribution in [2.24, 2.45) is 0 Å². The lowest BCUT2D eigenvalue weighted by molar-refractivity contribution is -0.138. The topological polar surface area (TPSA) is 58.1 Å². The molecular weight excluding hydrogens is 484 g/mol. The third-order valence-electron chi connectivity index (χ3n) is 6.87. The molecule has 1 fully saturated rings. The summed E-state index contributed by atoms with van der Waals surface area (Å²) in [5, 5.41) is 13.0. The van der Waals surface area contributed by atoms with E-state index in [1.807, 2.05) is 24.3 Å². The van der Waals surface area contributed by atoms with Crippen LogP contribution in [0.1, 0.15) is 40.2 Å². The fraction of sp³-hybridized carbons (Fsp3) is 0.250. The van der Waals surface area contributed by atoms with Crippen LogP contribution in [0.25, 0.3) is 22.0 Å². The monoisotopic (exact) mass is 508 g/mol. The van der Waals surface area contributed by atoms with Gasteiger partial charge in [-0.15, -0.1) is 10.2 Å². The quantitative estimate of drug-likeness (QED) is 0.334. The highest BCUT2D eigenvalue weighted by Gasteiger charge is 2.36. The summed E-state index contributed by atoms with van der Waals surface area (Å²) in [6, 6.07) is 17.8. The van der Waals surface area contributed by atoms with E-state index in [9.17, 15) is 22.4 Å². The normalized spacial score (nSPS) is 14.7. The van der Waals surface area contributed by atoms with Crippen molar-refractivity contribution < 1.29 is 22.4 Å². The first-order chi connectivity index (χ1) is 17.8. The van der Waals surface area contributed by atoms with E-state index < -0.39 is 17.6 Å². The number of piperidine rings is 1. The van der Waals surface area contributed by atoms with E-state index >= 15 is 0 Å². The predicted molar refractivity (Wildman–Crippen MR) is 134 cm³/mol. The van der Waals surface area contributed by atoms with Gasteiger partial charge in [-0.25, -0.2) is 4.39 Å². The molecule has 0 unspecified atom stereocenters. The van der Waals surface area contributed by atoms with Crippen LogP contribution in [0, 0.1) is 5.82 Å². The minimum atomic E-state index is -4.63. The van der Waals surface area contributed by atoms with E-state index in [1.165, 1.54) is 25.2 Å². The van der Waals surface area contributed by atoms with Crippen molar-refractivity contribution in [2.75, 3.05) is 25.0 Å². The molecule has 9 heteroatoms. The summed E-state index contributed by atoms with van der Waals surface area (Å²) in [4.78, 5) is 14.1. The highest BCUT2D eigenvalue weighted by molar-refractivity contribution is 6.00. The zero-order chi connectivity index (χ0) is 26.2. The first kappa shape index (κ1) is 24.7. The molecule has 1 N–H and O–H groups in total. The third kappa shape index (κ3) is 4.85. The number of halogens is 4. The van der Waals surface area contributed by atoms with Crippen LogP contribution in [0.15, 0.2) is 66.7 Å². The Labute approximate surface area is 211 Å². The van der Waals surface area contributed by atoms with Gasteiger partial charge in [-0.1, -0.05) is 30.3 Å². The average molecular weight is 509 g/mol. The molecule has 0 radical (unpaired) electrons. The molecule has 4 aromatic rings. The molecule has 1 aromatic heterocycles. The van der Waals surface area contributed by atoms with Crippen molar-refractivity contribution in [1.82, 2.24) is 15.5 Å². The number of hydrogen-bond acceptors (Lipinski definition) is 4. The lowest BCUT2D eigenvalue weighted by Gasteiger charge is -2.33. The number of nitrogens with one attached hydrogen (secondary N) is 1. The maximum Gasteiger partial charge on any atom is 0.417 e. The SMILES string of the molecule is CNC(=O)c1ccc(C2CCN(c3nnc(-c4ccc(F)cc4)c4ccccc34)CC2)cc1C(F)(F)F. The van der Waals surface area contributed by atoms with E-state index in [2.05, 4.69) is 20.4 Å². The average Bonchev–Trinajstić information content (AvgIpc) is 2.92. The van der Waals surface area contributed by atoms with Crippen LogP contribution >= 0.6 is 0 Å². The Morgan fingerprint density at radius 2 is 1.62 bits per heavy atom. The van der Waals surface area contributed by atoms with Crippen LogP contribution in [-0.4, -0.2) is 36.2 Å². The van der Waals surface area contributed by atoms with E-state index in [-0.39, 0.29) is 17.3 Å². The second-order valence-corrected chi connectivity index (χ2v) is 9.07. The highest BCUT2D eigenvalue weighted by atomic mass is 19.4. The van der Waals surface area contributed by atoms with Crippen molar-refractivity contribution in [2.45, 2.75) is 24.9 Å². The summed E-state index contributed by atoms with van der Waals surface area (Å²) in [6.45, 7) is 1.19. The fourth-order valence-electron chi connectivity index (χ4n) is 4.95. The van der Waals surface area contributed by atoms with Crippen molar-refractivity contribution in [3.05, 3.63) is 89.2 Å². The smallest absolute Gasteiger partial charge is 0.355 e. The maximum atomic E-state index is 13.7. The van der Waals surface area contributed by atoms with Crippen molar-refractivity contribution in [1.29, 1.82) is 0 Å². The third-order valence-corrected chi connectivity index (χ3v) is 6.87. The highest BCUT2D eigenvalue weighted by Crippen LogP contribution is 2.38. The molecule has 1 amide bonds. The lowest BCUT2D eigenvalue weighted by Crippen LogP contribution is -2.34. The maximum absolute atomic E-state index is 13.7. The molecular formula is C28H24F4N4O. The van der Waals surface area contributed by atoms with Gasteiger partial charge in [0, 0.05) is 36.5 Å². The van der Waals surface area contributed by atoms with Gasteiger partial charge < -0.3 is 10.2 Å². The predicted octanol–water partition coefficient (Wildman–Crippen LogP) is 6.20. The van der Waals surface area contributed by atoms with E-state index in [4.69, 9.17) is 0 Å². The molecule has 0 saturated carbocycles. The Bertz CT molecular complexity index is 1450. The van der Waals surface area contributed by atoms with E-state index in [1.54, 1.807) is 18.2 Å². The number of nitrogens with zero attached hydrogens (tertiary/aromatic N) is 3. The first-order valence-electron chi connectivity index (χ1n) is 12.0. The van der Waals surface area contributed by atoms with Gasteiger partial charge in [0.15, 0.2) is 5.82 Å². The molecule has 0 atom stereocenters. The van der Waals surface area contributed by atoms with Crippen molar-refractivity contribution >= 4 is 22.5 Å². The molecule has 3 aromatic carbocycles. The molecule has 0 bridgehead atoms. The van der Waals surface area contributed by atoms with Gasteiger partial charge in [0.05, 0.1) is 11.1 Å². The van der Waals surface area contributed by atoms with E-state index in [0.29, 0.717) is 43.0 Å². The van der Waals surface area contributed by atoms with Gasteiger partial charge in [0.1, 0.15) is 11.5 Å². The summed E-state index contributed by atoms with van der Waals surface area (Å²) < 4.78 is 54.4. The molecule has 190 valence electrons. The second-order valence-electron chi connectivity index (χ2n) is 9.07. The summed E-state index contributed by atoms with van der Waals surface area (Å²) >= 11 is 0. The number of amides is 1. The second kappa shape index (κ2) is 9.80. The first-order valence-corrected chi connectivity index (χ1v) is 12.0. The molecule has 2 heterocycles. The van der Waals surface area contributed by atoms with Crippen LogP contribution in [0.5, 0.6) is 0 Å². The Kier molecular flexibility index (Phi) is 6.54. The molecule has 1 aliphatic rings. The van der Waals surface area contributed by atoms with Crippen LogP contribution in [0.4, 0.5) is 23.4 Å². The van der Waals surface area contributed by atoms with Gasteiger partial charge in [-0.2, -0.15) is 13.2 Å². The number of rotatable bonds is 4. The molecule has 5 rings (SSSR count). The number of fused-ring (bicyclic) bond motifs is 1. The van der Waals surface area contributed by atoms with Crippen LogP contribution < -0.4 is 10.2 Å². The van der Waals surface area contributed by atoms with Gasteiger partial charge in [-0.05, 0) is 60.7 Å². The van der Waals surface area contributed by atoms with Gasteiger partial charge in [0.25, 0.3) is 5.91 Å². The number of hydrogen-bond donors (Lipinski definition) is 1. The number of carbonyl (C=O) groups is 1. The van der Waals surface area contributed by atoms with Crippen LogP contribution in [-0.2, 0) is 6.18 Å². The molecule has 5 nitrogen and oxygen atoms in total. The number of alkyl halides is 3. The Morgan fingerprint density at radius 3 is 2.27 bits per heavy atom. The summed E-state index contributed by atoms with van der Waals surface area (Å²) in [5.74, 6) is -0.450. The Balaban J connectivity index is 1.40. The number of aromatic nitrogens is 2. The number of anilines is 1. The minimum Gasteiger partial charge on any atom is -0.355 e. The number of benzene rings is 3. The van der Waals surface area contributed by atoms with Gasteiger partial charge in [-0.3, -0.25) is 4.79 Å². The summed E-state index contributed by atoms with van der Waals surface area (Å²) in [7, 11) is 1.31. The van der Waals surface area contributed by atoms with Crippen LogP contribution in [0.2, 0.25) is 0 Å². The molecule has 37 heavy (non-hydrogen) atoms. The largest absolute Gasteiger partial charge is 0.417 e. The van der Waals surface area contributed by atoms with Gasteiger partial charge >= 0.3 is 6.18 Å². The van der Waals surface area contributed by atoms with Crippen molar-refractivity contribution in [3.8, 4) is 11.3 Å². The zero-order valence-electron chi connectivity index (χ0n) is 20.0. The lowest BCUT2D eigenvalue weighted by atomic mass is 9.87. The minimum absolute atomic E-state index is 0.0752. The summed E-state index contributed by atoms with van der Waals surface area (Å²) in [6.07, 6.45) is -3.36. The standard InChI is InChI=1S/C28H24F4N4O/c1-33-27(37)23-11-8-19(16-24(23)28(30,31)32)17-12-14-36(15-13-17)26-22-5-3-2-4-21(22)25(34-35-26)18-6-9-20(29)10-7-18/h2-11,16-17H,12-15H2,1H3,(H,33,37). The molecule has 0 spiro atoms. The van der Waals surface area contributed by atoms with Gasteiger partial charge in [0.2, 0.25) is 0 Å². The molecule has 0 aliphatic carbocycles. The number of carbonyl (C=O) groups excluding carboxylic acids is 1. The fourth-order valence-corrected chi connectivity index (χ4v) is 4.95. The zero-order valence-corrected chi connectivity index (χ0v) is 20.0. The molecule has 1 aliphatic heterocycles. The Morgan fingerprint density at radius 1 is 0.946 bits per heavy atom. The van der Waals surface area contributed by atoms with E-state index in [0.717, 1.165) is 22.4 Å². The van der Waals surface area contributed by atoms with Crippen molar-refractivity contribution in [3.63, 3.8) is 0 Å².